The fourth-order valence-electron chi connectivity index (χ4n) is 3.65. The summed E-state index contributed by atoms with van der Waals surface area (Å²) in [6, 6.07) is 14.9. The number of ketones is 1. The van der Waals surface area contributed by atoms with Gasteiger partial charge in [-0.25, -0.2) is 4.68 Å². The maximum Gasteiger partial charge on any atom is 0.417 e. The van der Waals surface area contributed by atoms with E-state index in [0.717, 1.165) is 11.8 Å². The molecule has 1 unspecified atom stereocenters. The molecule has 4 rings (SSSR count). The van der Waals surface area contributed by atoms with Crippen LogP contribution in [0.4, 0.5) is 13.2 Å². The Labute approximate surface area is 188 Å². The van der Waals surface area contributed by atoms with Gasteiger partial charge in [-0.05, 0) is 12.1 Å². The molecule has 0 N–H and O–H groups in total. The first kappa shape index (κ1) is 22.4. The Kier molecular flexibility index (Phi) is 6.13. The molecule has 0 aliphatic rings. The van der Waals surface area contributed by atoms with Gasteiger partial charge in [-0.2, -0.15) is 23.3 Å². The zero-order valence-corrected chi connectivity index (χ0v) is 18.0. The highest BCUT2D eigenvalue weighted by Crippen LogP contribution is 2.40. The van der Waals surface area contributed by atoms with Gasteiger partial charge in [-0.15, -0.1) is 0 Å². The Morgan fingerprint density at radius 1 is 1.12 bits per heavy atom. The molecule has 6 nitrogen and oxygen atoms in total. The predicted octanol–water partition coefficient (Wildman–Crippen LogP) is 5.19. The van der Waals surface area contributed by atoms with Crippen LogP contribution >= 0.6 is 0 Å². The number of benzene rings is 1. The summed E-state index contributed by atoms with van der Waals surface area (Å²) in [4.78, 5) is 20.8. The van der Waals surface area contributed by atoms with E-state index in [4.69, 9.17) is 4.74 Å². The molecule has 0 bridgehead atoms. The van der Waals surface area contributed by atoms with Crippen LogP contribution in [0.5, 0.6) is 5.88 Å². The zero-order valence-electron chi connectivity index (χ0n) is 18.0. The van der Waals surface area contributed by atoms with Crippen LogP contribution in [0.15, 0.2) is 60.8 Å². The van der Waals surface area contributed by atoms with Crippen LogP contribution < -0.4 is 4.74 Å². The lowest BCUT2D eigenvalue weighted by Crippen LogP contribution is -2.16. The van der Waals surface area contributed by atoms with Gasteiger partial charge in [0.2, 0.25) is 5.88 Å². The van der Waals surface area contributed by atoms with Crippen LogP contribution in [-0.2, 0) is 18.0 Å². The second-order valence-electron chi connectivity index (χ2n) is 7.73. The zero-order chi connectivity index (χ0) is 23.6. The molecule has 170 valence electrons. The van der Waals surface area contributed by atoms with Gasteiger partial charge in [0, 0.05) is 42.9 Å². The number of carbonyl (C=O) groups excluding carboxylic acids is 1. The van der Waals surface area contributed by atoms with Crippen molar-refractivity contribution in [2.24, 2.45) is 7.05 Å². The molecule has 0 fully saturated rings. The molecule has 0 saturated heterocycles. The maximum atomic E-state index is 14.0. The lowest BCUT2D eigenvalue weighted by molar-refractivity contribution is -0.136. The number of carbonyl (C=O) groups is 1. The largest absolute Gasteiger partial charge is 0.470 e. The standard InChI is InChI=1S/C24H21F3N4O2/c1-15(19-10-6-7-11-28-19)12-17(32)14-33-20-13-18(24(25,26)27)21-22(16-8-4-3-5-9-16)30-31(2)23(21)29-20/h3-11,13,15H,12,14H2,1-2H3. The number of fused-ring (bicyclic) bond motifs is 1. The molecule has 0 radical (unpaired) electrons. The molecular weight excluding hydrogens is 433 g/mol. The third-order valence-corrected chi connectivity index (χ3v) is 5.23. The van der Waals surface area contributed by atoms with Crippen molar-refractivity contribution < 1.29 is 22.7 Å². The Morgan fingerprint density at radius 2 is 1.85 bits per heavy atom. The number of hydrogen-bond donors (Lipinski definition) is 0. The summed E-state index contributed by atoms with van der Waals surface area (Å²) in [5, 5.41) is 4.16. The molecule has 9 heteroatoms. The topological polar surface area (TPSA) is 69.9 Å². The number of rotatable bonds is 7. The van der Waals surface area contributed by atoms with Gasteiger partial charge in [0.1, 0.15) is 12.3 Å². The lowest BCUT2D eigenvalue weighted by atomic mass is 10.0. The highest BCUT2D eigenvalue weighted by Gasteiger charge is 2.36. The van der Waals surface area contributed by atoms with Crippen molar-refractivity contribution in [2.45, 2.75) is 25.4 Å². The van der Waals surface area contributed by atoms with Crippen molar-refractivity contribution in [3.63, 3.8) is 0 Å². The van der Waals surface area contributed by atoms with E-state index in [1.165, 1.54) is 11.7 Å². The normalized spacial score (nSPS) is 12.6. The number of aryl methyl sites for hydroxylation is 1. The molecule has 33 heavy (non-hydrogen) atoms. The summed E-state index contributed by atoms with van der Waals surface area (Å²) in [6.45, 7) is 1.46. The molecule has 0 spiro atoms. The monoisotopic (exact) mass is 454 g/mol. The number of halogens is 3. The summed E-state index contributed by atoms with van der Waals surface area (Å²) in [6.07, 6.45) is -2.87. The third kappa shape index (κ3) is 4.87. The molecule has 0 saturated carbocycles. The molecule has 3 heterocycles. The van der Waals surface area contributed by atoms with E-state index in [-0.39, 0.29) is 40.7 Å². The highest BCUT2D eigenvalue weighted by atomic mass is 19.4. The summed E-state index contributed by atoms with van der Waals surface area (Å²) < 4.78 is 48.6. The van der Waals surface area contributed by atoms with Gasteiger partial charge in [0.15, 0.2) is 11.4 Å². The van der Waals surface area contributed by atoms with Crippen molar-refractivity contribution in [1.82, 2.24) is 19.7 Å². The predicted molar refractivity (Wildman–Crippen MR) is 117 cm³/mol. The summed E-state index contributed by atoms with van der Waals surface area (Å²) in [5.41, 5.74) is 0.590. The number of aromatic nitrogens is 4. The fourth-order valence-corrected chi connectivity index (χ4v) is 3.65. The van der Waals surface area contributed by atoms with Crippen LogP contribution in [0.2, 0.25) is 0 Å². The smallest absolute Gasteiger partial charge is 0.417 e. The first-order valence-electron chi connectivity index (χ1n) is 10.3. The summed E-state index contributed by atoms with van der Waals surface area (Å²) in [5.74, 6) is -0.691. The second kappa shape index (κ2) is 9.01. The van der Waals surface area contributed by atoms with Crippen molar-refractivity contribution in [1.29, 1.82) is 0 Å². The van der Waals surface area contributed by atoms with E-state index >= 15 is 0 Å². The van der Waals surface area contributed by atoms with Crippen LogP contribution in [0.3, 0.4) is 0 Å². The quantitative estimate of drug-likeness (QED) is 0.384. The Hall–Kier alpha value is -3.75. The molecule has 0 amide bonds. The van der Waals surface area contributed by atoms with E-state index in [1.54, 1.807) is 42.6 Å². The van der Waals surface area contributed by atoms with Crippen molar-refractivity contribution in [3.8, 4) is 17.1 Å². The minimum atomic E-state index is -4.66. The SMILES string of the molecule is CC(CC(=O)COc1cc(C(F)(F)F)c2c(-c3ccccc3)nn(C)c2n1)c1ccccn1. The third-order valence-electron chi connectivity index (χ3n) is 5.23. The average molecular weight is 454 g/mol. The number of alkyl halides is 3. The van der Waals surface area contributed by atoms with Gasteiger partial charge in [0.25, 0.3) is 0 Å². The molecule has 1 atom stereocenters. The Bertz CT molecular complexity index is 1270. The van der Waals surface area contributed by atoms with E-state index in [1.807, 2.05) is 19.1 Å². The number of Topliss-reactive ketones (excluding diaryl/α,β-unsaturated/α-hetero) is 1. The molecule has 3 aromatic heterocycles. The van der Waals surface area contributed by atoms with Crippen molar-refractivity contribution >= 4 is 16.8 Å². The van der Waals surface area contributed by atoms with Gasteiger partial charge < -0.3 is 4.74 Å². The lowest BCUT2D eigenvalue weighted by Gasteiger charge is -2.13. The summed E-state index contributed by atoms with van der Waals surface area (Å²) in [7, 11) is 1.52. The Balaban J connectivity index is 1.61. The fraction of sp³-hybridized carbons (Fsp3) is 0.250. The van der Waals surface area contributed by atoms with Crippen molar-refractivity contribution in [2.75, 3.05) is 6.61 Å². The number of nitrogens with zero attached hydrogens (tertiary/aromatic N) is 4. The van der Waals surface area contributed by atoms with Gasteiger partial charge in [-0.1, -0.05) is 43.3 Å². The number of hydrogen-bond acceptors (Lipinski definition) is 5. The molecule has 0 aliphatic heterocycles. The minimum Gasteiger partial charge on any atom is -0.470 e. The van der Waals surface area contributed by atoms with Crippen LogP contribution in [-0.4, -0.2) is 32.1 Å². The molecule has 4 aromatic rings. The number of pyridine rings is 2. The first-order valence-corrected chi connectivity index (χ1v) is 10.3. The van der Waals surface area contributed by atoms with Crippen LogP contribution in [0, 0.1) is 0 Å². The maximum absolute atomic E-state index is 14.0. The van der Waals surface area contributed by atoms with Crippen LogP contribution in [0.25, 0.3) is 22.3 Å². The average Bonchev–Trinajstić information content (AvgIpc) is 3.14. The number of ether oxygens (including phenoxy) is 1. The summed E-state index contributed by atoms with van der Waals surface area (Å²) >= 11 is 0. The highest BCUT2D eigenvalue weighted by molar-refractivity contribution is 5.94. The van der Waals surface area contributed by atoms with E-state index in [0.29, 0.717) is 5.56 Å². The van der Waals surface area contributed by atoms with Gasteiger partial charge in [0.05, 0.1) is 10.9 Å². The van der Waals surface area contributed by atoms with E-state index in [2.05, 4.69) is 15.1 Å². The molecule has 1 aromatic carbocycles. The molecule has 0 aliphatic carbocycles. The second-order valence-corrected chi connectivity index (χ2v) is 7.73. The molecular formula is C24H21F3N4O2. The Morgan fingerprint density at radius 3 is 2.52 bits per heavy atom. The van der Waals surface area contributed by atoms with Crippen LogP contribution in [0.1, 0.15) is 30.5 Å². The van der Waals surface area contributed by atoms with Gasteiger partial charge >= 0.3 is 6.18 Å². The minimum absolute atomic E-state index is 0.0213. The van der Waals surface area contributed by atoms with E-state index in [9.17, 15) is 18.0 Å². The van der Waals surface area contributed by atoms with Crippen molar-refractivity contribution in [3.05, 3.63) is 72.1 Å². The van der Waals surface area contributed by atoms with E-state index < -0.39 is 18.3 Å². The van der Waals surface area contributed by atoms with Gasteiger partial charge in [-0.3, -0.25) is 9.78 Å². The first-order chi connectivity index (χ1) is 15.7.